The van der Waals surface area contributed by atoms with Crippen LogP contribution in [0.3, 0.4) is 0 Å². The molecule has 1 saturated heterocycles. The summed E-state index contributed by atoms with van der Waals surface area (Å²) in [6.07, 6.45) is 2.73. The number of pyridine rings is 1. The number of anilines is 1. The number of hydrogen-bond donors (Lipinski definition) is 0. The van der Waals surface area contributed by atoms with Crippen LogP contribution < -0.4 is 10.5 Å². The fraction of sp³-hybridized carbons (Fsp3) is 0.476. The van der Waals surface area contributed by atoms with Gasteiger partial charge in [0.2, 0.25) is 0 Å². The van der Waals surface area contributed by atoms with Gasteiger partial charge in [-0.2, -0.15) is 16.9 Å². The molecule has 3 aromatic heterocycles. The van der Waals surface area contributed by atoms with Crippen molar-refractivity contribution in [1.82, 2.24) is 29.6 Å². The van der Waals surface area contributed by atoms with E-state index in [1.807, 2.05) is 30.8 Å². The summed E-state index contributed by atoms with van der Waals surface area (Å²) in [7, 11) is 0. The second kappa shape index (κ2) is 8.31. The Morgan fingerprint density at radius 3 is 2.87 bits per heavy atom. The molecule has 0 amide bonds. The van der Waals surface area contributed by atoms with Gasteiger partial charge in [-0.3, -0.25) is 9.69 Å². The largest absolute Gasteiger partial charge is 0.353 e. The fourth-order valence-electron chi connectivity index (χ4n) is 4.13. The van der Waals surface area contributed by atoms with E-state index in [4.69, 9.17) is 4.98 Å². The molecule has 9 heteroatoms. The molecule has 0 aromatic carbocycles. The van der Waals surface area contributed by atoms with Crippen molar-refractivity contribution >= 4 is 28.6 Å². The molecule has 0 N–H and O–H groups in total. The predicted molar refractivity (Wildman–Crippen MR) is 119 cm³/mol. The number of hydrogen-bond acceptors (Lipinski definition) is 8. The first-order valence-electron chi connectivity index (χ1n) is 10.4. The van der Waals surface area contributed by atoms with E-state index in [2.05, 4.69) is 24.9 Å². The number of fused-ring (bicyclic) bond motifs is 2. The highest BCUT2D eigenvalue weighted by atomic mass is 32.2. The minimum absolute atomic E-state index is 0.0188. The lowest BCUT2D eigenvalue weighted by molar-refractivity contribution is 0.242. The van der Waals surface area contributed by atoms with Crippen LogP contribution in [0.25, 0.3) is 11.0 Å². The van der Waals surface area contributed by atoms with Crippen LogP contribution in [0, 0.1) is 6.92 Å². The molecule has 0 aliphatic carbocycles. The van der Waals surface area contributed by atoms with E-state index in [0.717, 1.165) is 84.6 Å². The molecule has 0 atom stereocenters. The van der Waals surface area contributed by atoms with Gasteiger partial charge in [0, 0.05) is 57.2 Å². The Bertz CT molecular complexity index is 1120. The molecule has 5 heterocycles. The quantitative estimate of drug-likeness (QED) is 0.625. The zero-order chi connectivity index (χ0) is 20.5. The molecule has 2 aliphatic heterocycles. The molecule has 5 rings (SSSR count). The van der Waals surface area contributed by atoms with Crippen molar-refractivity contribution in [3.8, 4) is 0 Å². The minimum atomic E-state index is 0.0188. The summed E-state index contributed by atoms with van der Waals surface area (Å²) < 4.78 is 1.65. The van der Waals surface area contributed by atoms with Crippen LogP contribution in [-0.4, -0.2) is 68.1 Å². The van der Waals surface area contributed by atoms with Crippen molar-refractivity contribution in [2.24, 2.45) is 0 Å². The lowest BCUT2D eigenvalue weighted by atomic mass is 10.2. The Kier molecular flexibility index (Phi) is 5.39. The zero-order valence-electron chi connectivity index (χ0n) is 17.1. The van der Waals surface area contributed by atoms with Gasteiger partial charge in [0.05, 0.1) is 17.6 Å². The molecule has 3 aromatic rings. The highest BCUT2D eigenvalue weighted by Crippen LogP contribution is 2.24. The van der Waals surface area contributed by atoms with Gasteiger partial charge in [-0.05, 0) is 30.4 Å². The second-order valence-corrected chi connectivity index (χ2v) is 8.88. The summed E-state index contributed by atoms with van der Waals surface area (Å²) in [4.78, 5) is 30.6. The van der Waals surface area contributed by atoms with Crippen LogP contribution in [-0.2, 0) is 18.7 Å². The molecule has 0 spiro atoms. The monoisotopic (exact) mass is 423 g/mol. The molecule has 0 radical (unpaired) electrons. The van der Waals surface area contributed by atoms with Crippen molar-refractivity contribution in [3.05, 3.63) is 51.8 Å². The van der Waals surface area contributed by atoms with Gasteiger partial charge in [-0.15, -0.1) is 0 Å². The van der Waals surface area contributed by atoms with Gasteiger partial charge in [0.1, 0.15) is 11.6 Å². The van der Waals surface area contributed by atoms with Crippen molar-refractivity contribution in [2.45, 2.75) is 25.6 Å². The Labute approximate surface area is 179 Å². The maximum atomic E-state index is 12.4. The van der Waals surface area contributed by atoms with Crippen LogP contribution in [0.1, 0.15) is 17.1 Å². The third kappa shape index (κ3) is 3.91. The number of aryl methyl sites for hydroxylation is 2. The SMILES string of the molecule is Cc1nc(N2CCN(CCn3nc4c(cc3=O)CSCC4)CC2)c2cccnc2n1. The van der Waals surface area contributed by atoms with Gasteiger partial charge in [-0.1, -0.05) is 0 Å². The van der Waals surface area contributed by atoms with Gasteiger partial charge < -0.3 is 4.90 Å². The van der Waals surface area contributed by atoms with Crippen molar-refractivity contribution < 1.29 is 0 Å². The zero-order valence-corrected chi connectivity index (χ0v) is 17.9. The highest BCUT2D eigenvalue weighted by Gasteiger charge is 2.21. The predicted octanol–water partition coefficient (Wildman–Crippen LogP) is 1.50. The maximum absolute atomic E-state index is 12.4. The average Bonchev–Trinajstić information content (AvgIpc) is 2.77. The Balaban J connectivity index is 1.24. The van der Waals surface area contributed by atoms with Crippen LogP contribution >= 0.6 is 11.8 Å². The summed E-state index contributed by atoms with van der Waals surface area (Å²) in [6.45, 7) is 7.03. The molecule has 30 heavy (non-hydrogen) atoms. The highest BCUT2D eigenvalue weighted by molar-refractivity contribution is 7.98. The number of piperazine rings is 1. The molecule has 0 saturated carbocycles. The van der Waals surface area contributed by atoms with E-state index in [1.54, 1.807) is 16.9 Å². The number of nitrogens with zero attached hydrogens (tertiary/aromatic N) is 7. The third-order valence-electron chi connectivity index (χ3n) is 5.77. The van der Waals surface area contributed by atoms with E-state index in [0.29, 0.717) is 6.54 Å². The van der Waals surface area contributed by atoms with E-state index in [9.17, 15) is 4.79 Å². The van der Waals surface area contributed by atoms with Crippen LogP contribution in [0.4, 0.5) is 5.82 Å². The number of rotatable bonds is 4. The first kappa shape index (κ1) is 19.4. The number of thioether (sulfide) groups is 1. The summed E-state index contributed by atoms with van der Waals surface area (Å²) in [5, 5.41) is 5.63. The summed E-state index contributed by atoms with van der Waals surface area (Å²) in [6, 6.07) is 5.75. The molecule has 2 aliphatic rings. The first-order chi connectivity index (χ1) is 14.7. The molecular weight excluding hydrogens is 398 g/mol. The summed E-state index contributed by atoms with van der Waals surface area (Å²) >= 11 is 1.87. The minimum Gasteiger partial charge on any atom is -0.353 e. The van der Waals surface area contributed by atoms with Crippen LogP contribution in [0.5, 0.6) is 0 Å². The lowest BCUT2D eigenvalue weighted by Gasteiger charge is -2.35. The van der Waals surface area contributed by atoms with Gasteiger partial charge in [-0.25, -0.2) is 19.6 Å². The lowest BCUT2D eigenvalue weighted by Crippen LogP contribution is -2.48. The summed E-state index contributed by atoms with van der Waals surface area (Å²) in [5.41, 5.74) is 2.98. The smallest absolute Gasteiger partial charge is 0.267 e. The van der Waals surface area contributed by atoms with Gasteiger partial charge >= 0.3 is 0 Å². The van der Waals surface area contributed by atoms with E-state index in [-0.39, 0.29) is 5.56 Å². The van der Waals surface area contributed by atoms with Crippen LogP contribution in [0.2, 0.25) is 0 Å². The van der Waals surface area contributed by atoms with Crippen molar-refractivity contribution in [2.75, 3.05) is 43.4 Å². The maximum Gasteiger partial charge on any atom is 0.267 e. The topological polar surface area (TPSA) is 80.0 Å². The van der Waals surface area contributed by atoms with Crippen molar-refractivity contribution in [3.63, 3.8) is 0 Å². The van der Waals surface area contributed by atoms with E-state index < -0.39 is 0 Å². The molecule has 156 valence electrons. The Hall–Kier alpha value is -2.52. The van der Waals surface area contributed by atoms with E-state index >= 15 is 0 Å². The second-order valence-electron chi connectivity index (χ2n) is 7.78. The normalized spacial score (nSPS) is 17.3. The van der Waals surface area contributed by atoms with Crippen LogP contribution in [0.15, 0.2) is 29.2 Å². The standard InChI is InChI=1S/C21H25N7OS/c1-15-23-20-17(3-2-5-22-20)21(24-15)27-9-6-26(7-10-27)8-11-28-19(29)13-16-14-30-12-4-18(16)25-28/h2-3,5,13H,4,6-12,14H2,1H3. The van der Waals surface area contributed by atoms with Gasteiger partial charge in [0.15, 0.2) is 5.65 Å². The Morgan fingerprint density at radius 1 is 1.13 bits per heavy atom. The Morgan fingerprint density at radius 2 is 2.00 bits per heavy atom. The van der Waals surface area contributed by atoms with Crippen molar-refractivity contribution in [1.29, 1.82) is 0 Å². The third-order valence-corrected chi connectivity index (χ3v) is 6.78. The fourth-order valence-corrected chi connectivity index (χ4v) is 5.08. The molecule has 0 unspecified atom stereocenters. The molecule has 0 bridgehead atoms. The average molecular weight is 424 g/mol. The molecule has 8 nitrogen and oxygen atoms in total. The number of aromatic nitrogens is 5. The summed E-state index contributed by atoms with van der Waals surface area (Å²) in [5.74, 6) is 3.71. The van der Waals surface area contributed by atoms with Gasteiger partial charge in [0.25, 0.3) is 5.56 Å². The van der Waals surface area contributed by atoms with E-state index in [1.165, 1.54) is 0 Å². The molecular formula is C21H25N7OS. The molecule has 1 fully saturated rings. The first-order valence-corrected chi connectivity index (χ1v) is 11.6.